The lowest BCUT2D eigenvalue weighted by Crippen LogP contribution is -2.17. The van der Waals surface area contributed by atoms with Crippen molar-refractivity contribution in [2.45, 2.75) is 20.8 Å². The van der Waals surface area contributed by atoms with E-state index in [1.54, 1.807) is 6.92 Å². The highest BCUT2D eigenvalue weighted by Gasteiger charge is 2.18. The summed E-state index contributed by atoms with van der Waals surface area (Å²) in [6.07, 6.45) is 0. The van der Waals surface area contributed by atoms with Gasteiger partial charge in [0.1, 0.15) is 17.1 Å². The number of rotatable bonds is 5. The Hall–Kier alpha value is -3.22. The SMILES string of the molecule is CC(=O)Oc1ccc(C(=O)COC(=O)c2c(C)cc(=O)oc2C)cc1. The van der Waals surface area contributed by atoms with Crippen molar-refractivity contribution >= 4 is 17.7 Å². The van der Waals surface area contributed by atoms with Crippen LogP contribution >= 0.6 is 0 Å². The van der Waals surface area contributed by atoms with E-state index in [2.05, 4.69) is 0 Å². The largest absolute Gasteiger partial charge is 0.454 e. The fourth-order valence-corrected chi connectivity index (χ4v) is 2.22. The first kappa shape index (κ1) is 18.1. The van der Waals surface area contributed by atoms with Gasteiger partial charge in [-0.05, 0) is 43.7 Å². The summed E-state index contributed by atoms with van der Waals surface area (Å²) in [4.78, 5) is 46.3. The van der Waals surface area contributed by atoms with Crippen molar-refractivity contribution in [1.29, 1.82) is 0 Å². The van der Waals surface area contributed by atoms with Crippen molar-refractivity contribution in [3.63, 3.8) is 0 Å². The number of carbonyl (C=O) groups is 3. The van der Waals surface area contributed by atoms with Crippen molar-refractivity contribution in [2.75, 3.05) is 6.61 Å². The second kappa shape index (κ2) is 7.57. The summed E-state index contributed by atoms with van der Waals surface area (Å²) >= 11 is 0. The van der Waals surface area contributed by atoms with Crippen LogP contribution in [-0.2, 0) is 9.53 Å². The van der Waals surface area contributed by atoms with Crippen LogP contribution in [0.25, 0.3) is 0 Å². The summed E-state index contributed by atoms with van der Waals surface area (Å²) in [6.45, 7) is 3.86. The van der Waals surface area contributed by atoms with E-state index in [-0.39, 0.29) is 11.3 Å². The average Bonchev–Trinajstić information content (AvgIpc) is 2.51. The highest BCUT2D eigenvalue weighted by Crippen LogP contribution is 2.15. The van der Waals surface area contributed by atoms with Crippen LogP contribution in [0.2, 0.25) is 0 Å². The predicted molar refractivity (Wildman–Crippen MR) is 86.8 cm³/mol. The van der Waals surface area contributed by atoms with Gasteiger partial charge in [-0.1, -0.05) is 0 Å². The van der Waals surface area contributed by atoms with Crippen LogP contribution in [0, 0.1) is 13.8 Å². The average molecular weight is 344 g/mol. The summed E-state index contributed by atoms with van der Waals surface area (Å²) in [5.41, 5.74) is 0.279. The molecule has 0 aliphatic heterocycles. The first-order chi connectivity index (χ1) is 11.8. The van der Waals surface area contributed by atoms with Crippen LogP contribution in [-0.4, -0.2) is 24.3 Å². The van der Waals surface area contributed by atoms with Gasteiger partial charge in [-0.3, -0.25) is 9.59 Å². The number of Topliss-reactive ketones (excluding diaryl/α,β-unsaturated/α-hetero) is 1. The van der Waals surface area contributed by atoms with Gasteiger partial charge in [0, 0.05) is 18.6 Å². The van der Waals surface area contributed by atoms with Crippen LogP contribution < -0.4 is 10.4 Å². The summed E-state index contributed by atoms with van der Waals surface area (Å²) in [6, 6.07) is 7.05. The number of aryl methyl sites for hydroxylation is 2. The molecule has 0 unspecified atom stereocenters. The van der Waals surface area contributed by atoms with E-state index in [1.165, 1.54) is 44.2 Å². The van der Waals surface area contributed by atoms with Crippen molar-refractivity contribution < 1.29 is 28.3 Å². The van der Waals surface area contributed by atoms with Crippen LogP contribution in [0.1, 0.15) is 39.0 Å². The molecule has 1 heterocycles. The predicted octanol–water partition coefficient (Wildman–Crippen LogP) is 2.22. The Bertz CT molecular complexity index is 849. The maximum Gasteiger partial charge on any atom is 0.342 e. The molecule has 1 aromatic carbocycles. The minimum Gasteiger partial charge on any atom is -0.454 e. The van der Waals surface area contributed by atoms with Crippen LogP contribution in [0.15, 0.2) is 39.5 Å². The van der Waals surface area contributed by atoms with Gasteiger partial charge >= 0.3 is 17.6 Å². The van der Waals surface area contributed by atoms with Crippen molar-refractivity contribution in [3.8, 4) is 5.75 Å². The molecule has 7 heteroatoms. The quantitative estimate of drug-likeness (QED) is 0.466. The molecule has 1 aromatic heterocycles. The van der Waals surface area contributed by atoms with Gasteiger partial charge in [0.2, 0.25) is 0 Å². The zero-order chi connectivity index (χ0) is 18.6. The Labute approximate surface area is 143 Å². The number of benzene rings is 1. The van der Waals surface area contributed by atoms with E-state index in [1.807, 2.05) is 0 Å². The fraction of sp³-hybridized carbons (Fsp3) is 0.222. The molecule has 0 saturated carbocycles. The molecular weight excluding hydrogens is 328 g/mol. The van der Waals surface area contributed by atoms with E-state index < -0.39 is 30.0 Å². The highest BCUT2D eigenvalue weighted by atomic mass is 16.5. The third-order valence-electron chi connectivity index (χ3n) is 3.31. The van der Waals surface area contributed by atoms with Gasteiger partial charge in [-0.2, -0.15) is 0 Å². The summed E-state index contributed by atoms with van der Waals surface area (Å²) in [5, 5.41) is 0. The molecule has 0 aliphatic carbocycles. The van der Waals surface area contributed by atoms with E-state index in [0.717, 1.165) is 0 Å². The minimum absolute atomic E-state index is 0.123. The summed E-state index contributed by atoms with van der Waals surface area (Å²) in [5.74, 6) is -1.19. The lowest BCUT2D eigenvalue weighted by atomic mass is 10.1. The molecule has 0 bridgehead atoms. The normalized spacial score (nSPS) is 10.2. The fourth-order valence-electron chi connectivity index (χ4n) is 2.22. The number of carbonyl (C=O) groups excluding carboxylic acids is 3. The van der Waals surface area contributed by atoms with Gasteiger partial charge in [0.15, 0.2) is 12.4 Å². The Balaban J connectivity index is 2.03. The smallest absolute Gasteiger partial charge is 0.342 e. The summed E-state index contributed by atoms with van der Waals surface area (Å²) in [7, 11) is 0. The zero-order valence-corrected chi connectivity index (χ0v) is 14.0. The first-order valence-corrected chi connectivity index (χ1v) is 7.38. The van der Waals surface area contributed by atoms with E-state index in [0.29, 0.717) is 16.9 Å². The van der Waals surface area contributed by atoms with Crippen molar-refractivity contribution in [3.05, 3.63) is 63.2 Å². The third kappa shape index (κ3) is 4.63. The molecule has 0 radical (unpaired) electrons. The zero-order valence-electron chi connectivity index (χ0n) is 14.0. The number of hydrogen-bond acceptors (Lipinski definition) is 7. The third-order valence-corrected chi connectivity index (χ3v) is 3.31. The van der Waals surface area contributed by atoms with Crippen molar-refractivity contribution in [1.82, 2.24) is 0 Å². The molecule has 0 spiro atoms. The van der Waals surface area contributed by atoms with E-state index in [9.17, 15) is 19.2 Å². The molecule has 0 saturated heterocycles. The molecule has 0 atom stereocenters. The molecule has 2 aromatic rings. The molecule has 0 aliphatic rings. The molecule has 130 valence electrons. The Morgan fingerprint density at radius 3 is 2.28 bits per heavy atom. The Kier molecular flexibility index (Phi) is 5.49. The molecular formula is C18H16O7. The molecule has 25 heavy (non-hydrogen) atoms. The Morgan fingerprint density at radius 1 is 1.08 bits per heavy atom. The Morgan fingerprint density at radius 2 is 1.72 bits per heavy atom. The second-order valence-electron chi connectivity index (χ2n) is 5.30. The molecule has 0 amide bonds. The molecule has 0 N–H and O–H groups in total. The monoisotopic (exact) mass is 344 g/mol. The van der Waals surface area contributed by atoms with Crippen molar-refractivity contribution in [2.24, 2.45) is 0 Å². The summed E-state index contributed by atoms with van der Waals surface area (Å²) < 4.78 is 14.7. The maximum absolute atomic E-state index is 12.1. The van der Waals surface area contributed by atoms with E-state index in [4.69, 9.17) is 13.9 Å². The second-order valence-corrected chi connectivity index (χ2v) is 5.30. The molecule has 2 rings (SSSR count). The minimum atomic E-state index is -0.747. The van der Waals surface area contributed by atoms with Crippen LogP contribution in [0.5, 0.6) is 5.75 Å². The van der Waals surface area contributed by atoms with Crippen LogP contribution in [0.3, 0.4) is 0 Å². The van der Waals surface area contributed by atoms with Gasteiger partial charge < -0.3 is 13.9 Å². The standard InChI is InChI=1S/C18H16O7/c1-10-8-16(21)24-11(2)17(10)18(22)23-9-15(20)13-4-6-14(7-5-13)25-12(3)19/h4-8H,9H2,1-3H3. The number of ether oxygens (including phenoxy) is 2. The van der Waals surface area contributed by atoms with Gasteiger partial charge in [0.25, 0.3) is 0 Å². The van der Waals surface area contributed by atoms with Gasteiger partial charge in [-0.15, -0.1) is 0 Å². The lowest BCUT2D eigenvalue weighted by Gasteiger charge is -2.08. The highest BCUT2D eigenvalue weighted by molar-refractivity contribution is 5.99. The maximum atomic E-state index is 12.1. The van der Waals surface area contributed by atoms with Crippen LogP contribution in [0.4, 0.5) is 0 Å². The topological polar surface area (TPSA) is 99.9 Å². The van der Waals surface area contributed by atoms with Gasteiger partial charge in [0.05, 0.1) is 0 Å². The lowest BCUT2D eigenvalue weighted by molar-refractivity contribution is -0.131. The molecule has 7 nitrogen and oxygen atoms in total. The first-order valence-electron chi connectivity index (χ1n) is 7.38. The van der Waals surface area contributed by atoms with E-state index >= 15 is 0 Å². The number of ketones is 1. The number of hydrogen-bond donors (Lipinski definition) is 0. The molecule has 0 fully saturated rings. The number of esters is 2. The van der Waals surface area contributed by atoms with Gasteiger partial charge in [-0.25, -0.2) is 9.59 Å².